The Morgan fingerprint density at radius 2 is 1.67 bits per heavy atom. The molecule has 6 heteroatoms. The average molecular weight is 305 g/mol. The van der Waals surface area contributed by atoms with E-state index in [1.54, 1.807) is 12.1 Å². The van der Waals surface area contributed by atoms with Crippen LogP contribution in [0.4, 0.5) is 5.69 Å². The van der Waals surface area contributed by atoms with Crippen molar-refractivity contribution in [3.63, 3.8) is 0 Å². The second-order valence-electron chi connectivity index (χ2n) is 4.97. The van der Waals surface area contributed by atoms with Crippen molar-refractivity contribution in [3.8, 4) is 0 Å². The maximum absolute atomic E-state index is 12.4. The third-order valence-corrected chi connectivity index (χ3v) is 5.24. The van der Waals surface area contributed by atoms with E-state index in [-0.39, 0.29) is 15.7 Å². The van der Waals surface area contributed by atoms with E-state index in [9.17, 15) is 13.2 Å². The fraction of sp³-hybridized carbons (Fsp3) is 0.267. The maximum atomic E-state index is 12.4. The number of nitrogens with zero attached hydrogens (tertiary/aromatic N) is 1. The topological polar surface area (TPSA) is 67.6 Å². The third kappa shape index (κ3) is 2.58. The molecule has 0 bridgehead atoms. The van der Waals surface area contributed by atoms with E-state index < -0.39 is 9.84 Å². The molecule has 110 valence electrons. The van der Waals surface area contributed by atoms with Gasteiger partial charge in [0.2, 0.25) is 14.9 Å². The van der Waals surface area contributed by atoms with Gasteiger partial charge in [0, 0.05) is 18.8 Å². The van der Waals surface area contributed by atoms with Gasteiger partial charge in [-0.3, -0.25) is 4.79 Å². The molecule has 2 aromatic rings. The number of anilines is 1. The van der Waals surface area contributed by atoms with Crippen molar-refractivity contribution in [2.45, 2.75) is 22.8 Å². The molecule has 0 atom stereocenters. The van der Waals surface area contributed by atoms with Crippen LogP contribution in [0.1, 0.15) is 23.4 Å². The van der Waals surface area contributed by atoms with Gasteiger partial charge in [-0.2, -0.15) is 0 Å². The van der Waals surface area contributed by atoms with Crippen LogP contribution in [-0.2, 0) is 9.84 Å². The van der Waals surface area contributed by atoms with Gasteiger partial charge >= 0.3 is 0 Å². The van der Waals surface area contributed by atoms with Crippen LogP contribution >= 0.6 is 0 Å². The second-order valence-corrected chi connectivity index (χ2v) is 6.85. The summed E-state index contributed by atoms with van der Waals surface area (Å²) >= 11 is 0. The van der Waals surface area contributed by atoms with Gasteiger partial charge < -0.3 is 9.32 Å². The van der Waals surface area contributed by atoms with E-state index in [0.717, 1.165) is 18.8 Å². The van der Waals surface area contributed by atoms with Gasteiger partial charge in [0.25, 0.3) is 0 Å². The van der Waals surface area contributed by atoms with Crippen molar-refractivity contribution in [1.29, 1.82) is 0 Å². The monoisotopic (exact) mass is 305 g/mol. The van der Waals surface area contributed by atoms with Crippen LogP contribution in [0.25, 0.3) is 0 Å². The molecule has 0 aliphatic carbocycles. The summed E-state index contributed by atoms with van der Waals surface area (Å²) in [6.07, 6.45) is 2.82. The Kier molecular flexibility index (Phi) is 3.55. The van der Waals surface area contributed by atoms with E-state index in [4.69, 9.17) is 4.42 Å². The fourth-order valence-corrected chi connectivity index (χ4v) is 3.65. The molecule has 2 heterocycles. The number of furan rings is 1. The van der Waals surface area contributed by atoms with Gasteiger partial charge in [0.15, 0.2) is 12.0 Å². The quantitative estimate of drug-likeness (QED) is 0.812. The molecule has 0 saturated carbocycles. The number of hydrogen-bond acceptors (Lipinski definition) is 5. The first-order valence-corrected chi connectivity index (χ1v) is 8.25. The summed E-state index contributed by atoms with van der Waals surface area (Å²) in [4.78, 5) is 13.0. The van der Waals surface area contributed by atoms with Gasteiger partial charge in [-0.15, -0.1) is 0 Å². The zero-order valence-corrected chi connectivity index (χ0v) is 12.2. The van der Waals surface area contributed by atoms with Crippen LogP contribution in [0, 0.1) is 0 Å². The Labute approximate surface area is 123 Å². The first-order chi connectivity index (χ1) is 10.1. The van der Waals surface area contributed by atoms with Crippen LogP contribution in [0.15, 0.2) is 50.8 Å². The highest BCUT2D eigenvalue weighted by molar-refractivity contribution is 7.91. The molecule has 1 fully saturated rings. The third-order valence-electron chi connectivity index (χ3n) is 3.60. The molecule has 1 aromatic heterocycles. The zero-order chi connectivity index (χ0) is 14.9. The van der Waals surface area contributed by atoms with Gasteiger partial charge in [-0.05, 0) is 49.2 Å². The van der Waals surface area contributed by atoms with Crippen LogP contribution in [0.2, 0.25) is 0 Å². The Morgan fingerprint density at radius 3 is 2.24 bits per heavy atom. The largest absolute Gasteiger partial charge is 0.442 e. The number of hydrogen-bond donors (Lipinski definition) is 0. The Morgan fingerprint density at radius 1 is 1.00 bits per heavy atom. The molecule has 0 N–H and O–H groups in total. The van der Waals surface area contributed by atoms with Crippen molar-refractivity contribution >= 4 is 21.8 Å². The lowest BCUT2D eigenvalue weighted by Gasteiger charge is -2.17. The van der Waals surface area contributed by atoms with Crippen molar-refractivity contribution in [2.24, 2.45) is 0 Å². The summed E-state index contributed by atoms with van der Waals surface area (Å²) in [7, 11) is -3.71. The van der Waals surface area contributed by atoms with Crippen molar-refractivity contribution in [2.75, 3.05) is 18.0 Å². The molecular formula is C15H15NO4S. The lowest BCUT2D eigenvalue weighted by atomic mass is 10.3. The summed E-state index contributed by atoms with van der Waals surface area (Å²) in [5.41, 5.74) is 1.03. The van der Waals surface area contributed by atoms with E-state index in [0.29, 0.717) is 6.29 Å². The molecule has 3 rings (SSSR count). The van der Waals surface area contributed by atoms with Crippen LogP contribution in [0.5, 0.6) is 0 Å². The van der Waals surface area contributed by atoms with Crippen molar-refractivity contribution in [1.82, 2.24) is 0 Å². The Bertz CT molecular complexity index is 740. The Hall–Kier alpha value is -2.08. The van der Waals surface area contributed by atoms with Gasteiger partial charge in [-0.25, -0.2) is 8.42 Å². The highest BCUT2D eigenvalue weighted by atomic mass is 32.2. The number of aldehydes is 1. The van der Waals surface area contributed by atoms with Crippen LogP contribution in [0.3, 0.4) is 0 Å². The normalized spacial score (nSPS) is 15.3. The predicted octanol–water partition coefficient (Wildman–Crippen LogP) is 2.53. The molecule has 1 aromatic carbocycles. The molecular weight excluding hydrogens is 290 g/mol. The number of benzene rings is 1. The molecule has 1 aliphatic heterocycles. The summed E-state index contributed by atoms with van der Waals surface area (Å²) < 4.78 is 29.8. The van der Waals surface area contributed by atoms with E-state index >= 15 is 0 Å². The Balaban J connectivity index is 1.90. The fourth-order valence-electron chi connectivity index (χ4n) is 2.47. The first-order valence-electron chi connectivity index (χ1n) is 6.76. The summed E-state index contributed by atoms with van der Waals surface area (Å²) in [6.45, 7) is 2.01. The first kappa shape index (κ1) is 13.9. The predicted molar refractivity (Wildman–Crippen MR) is 77.4 cm³/mol. The molecule has 21 heavy (non-hydrogen) atoms. The van der Waals surface area contributed by atoms with Crippen LogP contribution in [-0.4, -0.2) is 27.8 Å². The van der Waals surface area contributed by atoms with Crippen LogP contribution < -0.4 is 4.90 Å². The number of sulfone groups is 1. The minimum absolute atomic E-state index is 0.00209. The summed E-state index contributed by atoms with van der Waals surface area (Å²) in [6, 6.07) is 9.41. The molecule has 0 amide bonds. The van der Waals surface area contributed by atoms with Crippen molar-refractivity contribution < 1.29 is 17.6 Å². The van der Waals surface area contributed by atoms with E-state index in [1.807, 2.05) is 12.1 Å². The zero-order valence-electron chi connectivity index (χ0n) is 11.4. The van der Waals surface area contributed by atoms with Gasteiger partial charge in [0.05, 0.1) is 4.90 Å². The lowest BCUT2D eigenvalue weighted by Crippen LogP contribution is -2.17. The van der Waals surface area contributed by atoms with E-state index in [2.05, 4.69) is 4.90 Å². The van der Waals surface area contributed by atoms with Gasteiger partial charge in [0.1, 0.15) is 0 Å². The summed E-state index contributed by atoms with van der Waals surface area (Å²) in [5.74, 6) is 0.00209. The average Bonchev–Trinajstić information content (AvgIpc) is 3.19. The highest BCUT2D eigenvalue weighted by Gasteiger charge is 2.22. The molecule has 0 radical (unpaired) electrons. The van der Waals surface area contributed by atoms with E-state index in [1.165, 1.54) is 25.0 Å². The second kappa shape index (κ2) is 5.37. The lowest BCUT2D eigenvalue weighted by molar-refractivity contribution is 0.109. The number of carbonyl (C=O) groups is 1. The molecule has 0 unspecified atom stereocenters. The molecule has 1 aliphatic rings. The smallest absolute Gasteiger partial charge is 0.239 e. The number of rotatable bonds is 4. The highest BCUT2D eigenvalue weighted by Crippen LogP contribution is 2.26. The molecule has 0 spiro atoms. The summed E-state index contributed by atoms with van der Waals surface area (Å²) in [5, 5.41) is -0.210. The molecule has 5 nitrogen and oxygen atoms in total. The van der Waals surface area contributed by atoms with Crippen molar-refractivity contribution in [3.05, 3.63) is 42.2 Å². The maximum Gasteiger partial charge on any atom is 0.239 e. The molecule has 1 saturated heterocycles. The number of carbonyl (C=O) groups excluding carboxylic acids is 1. The minimum Gasteiger partial charge on any atom is -0.442 e. The van der Waals surface area contributed by atoms with Gasteiger partial charge in [-0.1, -0.05) is 0 Å². The standard InChI is InChI=1S/C15H15NO4S/c17-11-13-5-8-15(20-13)21(18,19)14-6-3-12(4-7-14)16-9-1-2-10-16/h3-8,11H,1-2,9-10H2. The minimum atomic E-state index is -3.71. The SMILES string of the molecule is O=Cc1ccc(S(=O)(=O)c2ccc(N3CCCC3)cc2)o1.